The van der Waals surface area contributed by atoms with Crippen molar-refractivity contribution >= 4 is 33.4 Å². The van der Waals surface area contributed by atoms with Gasteiger partial charge in [-0.25, -0.2) is 0 Å². The molecule has 0 saturated carbocycles. The summed E-state index contributed by atoms with van der Waals surface area (Å²) in [5.74, 6) is -0.148. The Morgan fingerprint density at radius 1 is 1.29 bits per heavy atom. The highest BCUT2D eigenvalue weighted by Gasteiger charge is 2.15. The molecule has 2 rings (SSSR count). The van der Waals surface area contributed by atoms with Gasteiger partial charge in [-0.2, -0.15) is 0 Å². The Balaban J connectivity index is 2.04. The van der Waals surface area contributed by atoms with Crippen molar-refractivity contribution in [1.82, 2.24) is 5.32 Å². The highest BCUT2D eigenvalue weighted by molar-refractivity contribution is 9.10. The van der Waals surface area contributed by atoms with Crippen molar-refractivity contribution in [2.75, 3.05) is 13.7 Å². The zero-order valence-electron chi connectivity index (χ0n) is 11.5. The summed E-state index contributed by atoms with van der Waals surface area (Å²) < 4.78 is 6.28. The predicted octanol–water partition coefficient (Wildman–Crippen LogP) is 4.22. The first-order chi connectivity index (χ1) is 10.1. The molecule has 3 nitrogen and oxygen atoms in total. The number of benzene rings is 2. The summed E-state index contributed by atoms with van der Waals surface area (Å²) in [6, 6.07) is 14.7. The summed E-state index contributed by atoms with van der Waals surface area (Å²) in [7, 11) is 1.60. The number of nitrogens with one attached hydrogen (secondary N) is 1. The minimum atomic E-state index is -0.283. The Hall–Kier alpha value is -1.36. The largest absolute Gasteiger partial charge is 0.375 e. The summed E-state index contributed by atoms with van der Waals surface area (Å²) in [6.45, 7) is 0.353. The molecule has 0 aromatic heterocycles. The minimum Gasteiger partial charge on any atom is -0.375 e. The highest BCUT2D eigenvalue weighted by atomic mass is 79.9. The third-order valence-corrected chi connectivity index (χ3v) is 3.91. The van der Waals surface area contributed by atoms with Gasteiger partial charge in [-0.1, -0.05) is 51.8 Å². The van der Waals surface area contributed by atoms with Crippen LogP contribution in [-0.2, 0) is 4.74 Å². The number of amides is 1. The van der Waals surface area contributed by atoms with E-state index in [-0.39, 0.29) is 12.0 Å². The standard InChI is InChI=1S/C16H15BrClNO2/c1-21-15(13-7-2-3-8-14(13)18)10-19-16(20)11-5-4-6-12(17)9-11/h2-9,15H,10H2,1H3,(H,19,20). The number of hydrogen-bond acceptors (Lipinski definition) is 2. The Bertz CT molecular complexity index is 633. The molecule has 0 fully saturated rings. The Kier molecular flexibility index (Phi) is 5.79. The van der Waals surface area contributed by atoms with Gasteiger partial charge in [0.15, 0.2) is 0 Å². The van der Waals surface area contributed by atoms with E-state index in [0.717, 1.165) is 10.0 Å². The van der Waals surface area contributed by atoms with Crippen LogP contribution in [0, 0.1) is 0 Å². The number of carbonyl (C=O) groups is 1. The van der Waals surface area contributed by atoms with Crippen molar-refractivity contribution in [2.24, 2.45) is 0 Å². The smallest absolute Gasteiger partial charge is 0.251 e. The second-order valence-corrected chi connectivity index (χ2v) is 5.79. The number of halogens is 2. The number of hydrogen-bond donors (Lipinski definition) is 1. The first-order valence-corrected chi connectivity index (χ1v) is 7.60. The van der Waals surface area contributed by atoms with Crippen LogP contribution >= 0.6 is 27.5 Å². The molecule has 2 aromatic rings. The molecule has 0 aliphatic carbocycles. The molecule has 0 bridgehead atoms. The van der Waals surface area contributed by atoms with Crippen molar-refractivity contribution in [1.29, 1.82) is 0 Å². The third-order valence-electron chi connectivity index (χ3n) is 3.07. The van der Waals surface area contributed by atoms with Crippen molar-refractivity contribution in [3.05, 3.63) is 69.2 Å². The Morgan fingerprint density at radius 3 is 2.71 bits per heavy atom. The molecule has 0 spiro atoms. The average molecular weight is 369 g/mol. The van der Waals surface area contributed by atoms with E-state index in [0.29, 0.717) is 17.1 Å². The van der Waals surface area contributed by atoms with E-state index in [2.05, 4.69) is 21.2 Å². The number of rotatable bonds is 5. The summed E-state index contributed by atoms with van der Waals surface area (Å²) >= 11 is 9.50. The summed E-state index contributed by atoms with van der Waals surface area (Å²) in [6.07, 6.45) is -0.283. The molecule has 1 unspecified atom stereocenters. The normalized spacial score (nSPS) is 12.0. The van der Waals surface area contributed by atoms with E-state index in [4.69, 9.17) is 16.3 Å². The summed E-state index contributed by atoms with van der Waals surface area (Å²) in [5, 5.41) is 3.49. The van der Waals surface area contributed by atoms with Crippen LogP contribution in [0.1, 0.15) is 22.0 Å². The number of methoxy groups -OCH3 is 1. The van der Waals surface area contributed by atoms with Gasteiger partial charge in [0.25, 0.3) is 5.91 Å². The SMILES string of the molecule is COC(CNC(=O)c1cccc(Br)c1)c1ccccc1Cl. The van der Waals surface area contributed by atoms with Crippen molar-refractivity contribution < 1.29 is 9.53 Å². The van der Waals surface area contributed by atoms with E-state index < -0.39 is 0 Å². The van der Waals surface area contributed by atoms with Gasteiger partial charge in [-0.3, -0.25) is 4.79 Å². The number of carbonyl (C=O) groups excluding carboxylic acids is 1. The Labute approximate surface area is 137 Å². The molecule has 1 amide bonds. The van der Waals surface area contributed by atoms with Crippen molar-refractivity contribution in [3.63, 3.8) is 0 Å². The fourth-order valence-corrected chi connectivity index (χ4v) is 2.63. The van der Waals surface area contributed by atoms with Crippen molar-refractivity contribution in [2.45, 2.75) is 6.10 Å². The molecule has 1 atom stereocenters. The van der Waals surface area contributed by atoms with E-state index in [9.17, 15) is 4.79 Å². The second-order valence-electron chi connectivity index (χ2n) is 4.47. The van der Waals surface area contributed by atoms with Gasteiger partial charge in [0.2, 0.25) is 0 Å². The lowest BCUT2D eigenvalue weighted by Crippen LogP contribution is -2.29. The summed E-state index contributed by atoms with van der Waals surface area (Å²) in [5.41, 5.74) is 1.45. The third kappa shape index (κ3) is 4.30. The maximum Gasteiger partial charge on any atom is 0.251 e. The van der Waals surface area contributed by atoms with Gasteiger partial charge in [-0.05, 0) is 24.3 Å². The molecular formula is C16H15BrClNO2. The molecule has 0 heterocycles. The monoisotopic (exact) mass is 367 g/mol. The van der Waals surface area contributed by atoms with Gasteiger partial charge in [0.05, 0.1) is 0 Å². The van der Waals surface area contributed by atoms with Crippen LogP contribution in [0.5, 0.6) is 0 Å². The molecular weight excluding hydrogens is 354 g/mol. The zero-order chi connectivity index (χ0) is 15.2. The quantitative estimate of drug-likeness (QED) is 0.858. The fourth-order valence-electron chi connectivity index (χ4n) is 1.97. The number of ether oxygens (including phenoxy) is 1. The topological polar surface area (TPSA) is 38.3 Å². The van der Waals surface area contributed by atoms with E-state index in [1.165, 1.54) is 0 Å². The minimum absolute atomic E-state index is 0.148. The van der Waals surface area contributed by atoms with Gasteiger partial charge < -0.3 is 10.1 Å². The molecule has 0 radical (unpaired) electrons. The van der Waals surface area contributed by atoms with Crippen LogP contribution < -0.4 is 5.32 Å². The first kappa shape index (κ1) is 16.0. The molecule has 5 heteroatoms. The molecule has 0 saturated heterocycles. The predicted molar refractivity (Wildman–Crippen MR) is 87.7 cm³/mol. The van der Waals surface area contributed by atoms with Gasteiger partial charge in [0.1, 0.15) is 6.10 Å². The van der Waals surface area contributed by atoms with Crippen LogP contribution in [0.3, 0.4) is 0 Å². The van der Waals surface area contributed by atoms with Crippen LogP contribution in [0.15, 0.2) is 53.0 Å². The van der Waals surface area contributed by atoms with Gasteiger partial charge >= 0.3 is 0 Å². The van der Waals surface area contributed by atoms with Gasteiger partial charge in [-0.15, -0.1) is 0 Å². The van der Waals surface area contributed by atoms with Crippen molar-refractivity contribution in [3.8, 4) is 0 Å². The van der Waals surface area contributed by atoms with E-state index >= 15 is 0 Å². The molecule has 21 heavy (non-hydrogen) atoms. The van der Waals surface area contributed by atoms with E-state index in [1.807, 2.05) is 30.3 Å². The summed E-state index contributed by atoms with van der Waals surface area (Å²) in [4.78, 5) is 12.1. The van der Waals surface area contributed by atoms with Gasteiger partial charge in [0, 0.05) is 34.3 Å². The van der Waals surface area contributed by atoms with Crippen LogP contribution in [0.2, 0.25) is 5.02 Å². The maximum absolute atomic E-state index is 12.1. The maximum atomic E-state index is 12.1. The van der Waals surface area contributed by atoms with Crippen LogP contribution in [0.25, 0.3) is 0 Å². The van der Waals surface area contributed by atoms with Crippen LogP contribution in [0.4, 0.5) is 0 Å². The molecule has 1 N–H and O–H groups in total. The molecule has 0 aliphatic rings. The lowest BCUT2D eigenvalue weighted by atomic mass is 10.1. The van der Waals surface area contributed by atoms with Crippen LogP contribution in [-0.4, -0.2) is 19.6 Å². The first-order valence-electron chi connectivity index (χ1n) is 6.43. The molecule has 2 aromatic carbocycles. The lowest BCUT2D eigenvalue weighted by Gasteiger charge is -2.17. The Morgan fingerprint density at radius 2 is 2.05 bits per heavy atom. The molecule has 110 valence electrons. The zero-order valence-corrected chi connectivity index (χ0v) is 13.8. The second kappa shape index (κ2) is 7.59. The molecule has 0 aliphatic heterocycles. The lowest BCUT2D eigenvalue weighted by molar-refractivity contribution is 0.0828. The highest BCUT2D eigenvalue weighted by Crippen LogP contribution is 2.24. The fraction of sp³-hybridized carbons (Fsp3) is 0.188. The van der Waals surface area contributed by atoms with E-state index in [1.54, 1.807) is 25.3 Å². The average Bonchev–Trinajstić information content (AvgIpc) is 2.49.